The normalized spacial score (nSPS) is 10.5. The Hall–Kier alpha value is -3.22. The van der Waals surface area contributed by atoms with Gasteiger partial charge in [0, 0.05) is 12.4 Å². The van der Waals surface area contributed by atoms with Crippen LogP contribution >= 0.6 is 0 Å². The van der Waals surface area contributed by atoms with Gasteiger partial charge < -0.3 is 10.4 Å². The number of pyridine rings is 2. The maximum Gasteiger partial charge on any atom is 0.337 e. The van der Waals surface area contributed by atoms with Gasteiger partial charge in [-0.25, -0.2) is 9.31 Å². The smallest absolute Gasteiger partial charge is 0.337 e. The molecule has 0 fully saturated rings. The van der Waals surface area contributed by atoms with E-state index in [0.29, 0.717) is 16.8 Å². The first-order valence-electron chi connectivity index (χ1n) is 6.07. The zero-order valence-electron chi connectivity index (χ0n) is 10.7. The molecule has 0 aliphatic carbocycles. The van der Waals surface area contributed by atoms with Gasteiger partial charge in [0.25, 0.3) is 5.91 Å². The number of nitrogens with zero attached hydrogens (tertiary/aromatic N) is 3. The van der Waals surface area contributed by atoms with Crippen LogP contribution < -0.4 is 5.32 Å². The number of anilines is 1. The molecule has 104 valence electrons. The number of nitrogens with one attached hydrogen (secondary N) is 1. The van der Waals surface area contributed by atoms with E-state index in [-0.39, 0.29) is 11.5 Å². The molecule has 21 heavy (non-hydrogen) atoms. The molecule has 3 heterocycles. The van der Waals surface area contributed by atoms with Crippen molar-refractivity contribution in [3.63, 3.8) is 0 Å². The summed E-state index contributed by atoms with van der Waals surface area (Å²) in [6.07, 6.45) is 5.79. The summed E-state index contributed by atoms with van der Waals surface area (Å²) in [6, 6.07) is 6.73. The number of aromatic nitrogens is 3. The predicted molar refractivity (Wildman–Crippen MR) is 74.3 cm³/mol. The standard InChI is InChI=1S/C14H10N4O3/c19-13(11-8-16-18-4-2-1-3-12(11)18)17-10-5-9(14(20)21)6-15-7-10/h1-8H,(H,17,19)(H,20,21). The number of amides is 1. The third-order valence-corrected chi connectivity index (χ3v) is 2.91. The zero-order chi connectivity index (χ0) is 14.8. The number of carbonyl (C=O) groups is 2. The summed E-state index contributed by atoms with van der Waals surface area (Å²) < 4.78 is 1.58. The molecule has 0 bridgehead atoms. The molecule has 3 aromatic rings. The monoisotopic (exact) mass is 282 g/mol. The molecule has 3 aromatic heterocycles. The van der Waals surface area contributed by atoms with Crippen LogP contribution in [0.2, 0.25) is 0 Å². The number of carboxylic acids is 1. The molecule has 7 heteroatoms. The first-order valence-corrected chi connectivity index (χ1v) is 6.07. The van der Waals surface area contributed by atoms with Gasteiger partial charge in [-0.05, 0) is 18.2 Å². The highest BCUT2D eigenvalue weighted by atomic mass is 16.4. The highest BCUT2D eigenvalue weighted by molar-refractivity contribution is 6.09. The first kappa shape index (κ1) is 12.8. The number of fused-ring (bicyclic) bond motifs is 1. The fraction of sp³-hybridized carbons (Fsp3) is 0. The minimum absolute atomic E-state index is 0.00710. The van der Waals surface area contributed by atoms with Crippen LogP contribution in [0, 0.1) is 0 Å². The topological polar surface area (TPSA) is 96.6 Å². The second-order valence-electron chi connectivity index (χ2n) is 4.31. The molecule has 2 N–H and O–H groups in total. The lowest BCUT2D eigenvalue weighted by atomic mass is 10.2. The lowest BCUT2D eigenvalue weighted by Crippen LogP contribution is -2.12. The Labute approximate surface area is 118 Å². The zero-order valence-corrected chi connectivity index (χ0v) is 10.7. The van der Waals surface area contributed by atoms with Crippen molar-refractivity contribution in [1.29, 1.82) is 0 Å². The third kappa shape index (κ3) is 2.44. The summed E-state index contributed by atoms with van der Waals surface area (Å²) in [5.74, 6) is -1.48. The molecule has 0 aliphatic heterocycles. The van der Waals surface area contributed by atoms with E-state index < -0.39 is 5.97 Å². The second kappa shape index (κ2) is 5.04. The van der Waals surface area contributed by atoms with Gasteiger partial charge in [0.05, 0.1) is 34.7 Å². The van der Waals surface area contributed by atoms with Gasteiger partial charge in [-0.2, -0.15) is 5.10 Å². The van der Waals surface area contributed by atoms with Crippen molar-refractivity contribution in [2.45, 2.75) is 0 Å². The summed E-state index contributed by atoms with van der Waals surface area (Å²) in [4.78, 5) is 26.9. The van der Waals surface area contributed by atoms with Gasteiger partial charge in [-0.1, -0.05) is 6.07 Å². The Morgan fingerprint density at radius 1 is 1.19 bits per heavy atom. The van der Waals surface area contributed by atoms with Crippen LogP contribution in [0.5, 0.6) is 0 Å². The molecule has 0 unspecified atom stereocenters. The van der Waals surface area contributed by atoms with Crippen LogP contribution in [0.4, 0.5) is 5.69 Å². The minimum Gasteiger partial charge on any atom is -0.478 e. The average Bonchev–Trinajstić information content (AvgIpc) is 2.91. The number of rotatable bonds is 3. The van der Waals surface area contributed by atoms with E-state index in [1.807, 2.05) is 6.07 Å². The maximum absolute atomic E-state index is 12.2. The van der Waals surface area contributed by atoms with Gasteiger partial charge in [0.1, 0.15) is 0 Å². The van der Waals surface area contributed by atoms with E-state index in [0.717, 1.165) is 0 Å². The summed E-state index contributed by atoms with van der Waals surface area (Å²) in [5, 5.41) is 15.6. The van der Waals surface area contributed by atoms with Gasteiger partial charge in [0.2, 0.25) is 0 Å². The molecule has 0 saturated heterocycles. The number of hydrogen-bond donors (Lipinski definition) is 2. The van der Waals surface area contributed by atoms with Crippen molar-refractivity contribution in [2.24, 2.45) is 0 Å². The highest BCUT2D eigenvalue weighted by Gasteiger charge is 2.13. The second-order valence-corrected chi connectivity index (χ2v) is 4.31. The Bertz CT molecular complexity index is 841. The molecule has 0 aromatic carbocycles. The fourth-order valence-corrected chi connectivity index (χ4v) is 1.93. The van der Waals surface area contributed by atoms with E-state index in [1.54, 1.807) is 22.8 Å². The summed E-state index contributed by atoms with van der Waals surface area (Å²) in [6.45, 7) is 0. The van der Waals surface area contributed by atoms with E-state index in [1.165, 1.54) is 24.7 Å². The van der Waals surface area contributed by atoms with Crippen LogP contribution in [-0.4, -0.2) is 31.6 Å². The van der Waals surface area contributed by atoms with Crippen LogP contribution in [-0.2, 0) is 0 Å². The Balaban J connectivity index is 1.90. The summed E-state index contributed by atoms with van der Waals surface area (Å²) >= 11 is 0. The van der Waals surface area contributed by atoms with Crippen molar-refractivity contribution < 1.29 is 14.7 Å². The van der Waals surface area contributed by atoms with Crippen molar-refractivity contribution in [3.8, 4) is 0 Å². The van der Waals surface area contributed by atoms with Crippen LogP contribution in [0.1, 0.15) is 20.7 Å². The van der Waals surface area contributed by atoms with E-state index in [4.69, 9.17) is 5.11 Å². The molecular weight excluding hydrogens is 272 g/mol. The molecule has 3 rings (SSSR count). The Morgan fingerprint density at radius 2 is 2.05 bits per heavy atom. The quantitative estimate of drug-likeness (QED) is 0.761. The summed E-state index contributed by atoms with van der Waals surface area (Å²) in [7, 11) is 0. The maximum atomic E-state index is 12.2. The minimum atomic E-state index is -1.10. The first-order chi connectivity index (χ1) is 10.1. The van der Waals surface area contributed by atoms with Crippen LogP contribution in [0.25, 0.3) is 5.52 Å². The molecule has 0 radical (unpaired) electrons. The van der Waals surface area contributed by atoms with Crippen LogP contribution in [0.3, 0.4) is 0 Å². The fourth-order valence-electron chi connectivity index (χ4n) is 1.93. The number of carboxylic acid groups (broad SMARTS) is 1. The van der Waals surface area contributed by atoms with E-state index in [9.17, 15) is 9.59 Å². The Kier molecular flexibility index (Phi) is 3.07. The molecule has 0 atom stereocenters. The van der Waals surface area contributed by atoms with Gasteiger partial charge >= 0.3 is 5.97 Å². The molecule has 0 spiro atoms. The van der Waals surface area contributed by atoms with Crippen molar-refractivity contribution in [1.82, 2.24) is 14.6 Å². The van der Waals surface area contributed by atoms with Gasteiger partial charge in [-0.3, -0.25) is 9.78 Å². The largest absolute Gasteiger partial charge is 0.478 e. The van der Waals surface area contributed by atoms with Gasteiger partial charge in [0.15, 0.2) is 0 Å². The highest BCUT2D eigenvalue weighted by Crippen LogP contribution is 2.14. The molecule has 0 saturated carbocycles. The number of aromatic carboxylic acids is 1. The SMILES string of the molecule is O=C(O)c1cncc(NC(=O)c2cnn3ccccc23)c1. The molecule has 7 nitrogen and oxygen atoms in total. The van der Waals surface area contributed by atoms with Crippen LogP contribution in [0.15, 0.2) is 49.1 Å². The Morgan fingerprint density at radius 3 is 2.86 bits per heavy atom. The molecule has 1 amide bonds. The number of hydrogen-bond acceptors (Lipinski definition) is 4. The van der Waals surface area contributed by atoms with Gasteiger partial charge in [-0.15, -0.1) is 0 Å². The molecule has 0 aliphatic rings. The summed E-state index contributed by atoms with van der Waals surface area (Å²) in [5.41, 5.74) is 1.39. The average molecular weight is 282 g/mol. The van der Waals surface area contributed by atoms with Crippen molar-refractivity contribution in [2.75, 3.05) is 5.32 Å². The predicted octanol–water partition coefficient (Wildman–Crippen LogP) is 1.68. The lowest BCUT2D eigenvalue weighted by Gasteiger charge is -2.04. The van der Waals surface area contributed by atoms with Crippen molar-refractivity contribution >= 4 is 23.1 Å². The van der Waals surface area contributed by atoms with E-state index >= 15 is 0 Å². The molecular formula is C14H10N4O3. The van der Waals surface area contributed by atoms with E-state index in [2.05, 4.69) is 15.4 Å². The lowest BCUT2D eigenvalue weighted by molar-refractivity contribution is 0.0696. The van der Waals surface area contributed by atoms with Crippen molar-refractivity contribution in [3.05, 3.63) is 60.2 Å². The third-order valence-electron chi connectivity index (χ3n) is 2.91. The number of carbonyl (C=O) groups excluding carboxylic acids is 1.